The molecule has 0 aromatic heterocycles. The molecule has 0 amide bonds. The van der Waals surface area contributed by atoms with Crippen molar-refractivity contribution in [2.45, 2.75) is 26.0 Å². The van der Waals surface area contributed by atoms with E-state index in [2.05, 4.69) is 17.0 Å². The Hall–Kier alpha value is -0.900. The van der Waals surface area contributed by atoms with Crippen molar-refractivity contribution in [2.24, 2.45) is 0 Å². The molecule has 2 N–H and O–H groups in total. The Morgan fingerprint density at radius 3 is 2.31 bits per heavy atom. The van der Waals surface area contributed by atoms with Gasteiger partial charge in [-0.1, -0.05) is 30.3 Å². The van der Waals surface area contributed by atoms with Gasteiger partial charge in [-0.2, -0.15) is 0 Å². The molecule has 1 aromatic rings. The van der Waals surface area contributed by atoms with Crippen molar-refractivity contribution in [3.05, 3.63) is 35.9 Å². The van der Waals surface area contributed by atoms with Crippen LogP contribution >= 0.6 is 0 Å². The van der Waals surface area contributed by atoms with Crippen LogP contribution in [0, 0.1) is 0 Å². The molecule has 3 nitrogen and oxygen atoms in total. The Balaban J connectivity index is 2.58. The van der Waals surface area contributed by atoms with Crippen molar-refractivity contribution in [1.29, 1.82) is 0 Å². The summed E-state index contributed by atoms with van der Waals surface area (Å²) >= 11 is 0. The standard InChI is InChI=1S/C13H21NO2/c1-13(2,16)11-14(8-9-15)10-12-6-4-3-5-7-12/h3-7,15-16H,8-11H2,1-2H3. The molecule has 90 valence electrons. The van der Waals surface area contributed by atoms with E-state index < -0.39 is 5.60 Å². The van der Waals surface area contributed by atoms with Gasteiger partial charge in [0.15, 0.2) is 0 Å². The molecule has 0 aliphatic rings. The summed E-state index contributed by atoms with van der Waals surface area (Å²) in [5.74, 6) is 0. The Bertz CT molecular complexity index is 293. The fourth-order valence-corrected chi connectivity index (χ4v) is 1.74. The highest BCUT2D eigenvalue weighted by atomic mass is 16.3. The minimum atomic E-state index is -0.732. The predicted octanol–water partition coefficient (Wildman–Crippen LogP) is 1.25. The average molecular weight is 223 g/mol. The van der Waals surface area contributed by atoms with E-state index in [0.717, 1.165) is 6.54 Å². The lowest BCUT2D eigenvalue weighted by Gasteiger charge is -2.28. The third-order valence-corrected chi connectivity index (χ3v) is 2.28. The van der Waals surface area contributed by atoms with Crippen molar-refractivity contribution in [1.82, 2.24) is 4.90 Å². The molecule has 0 saturated heterocycles. The molecule has 0 aliphatic carbocycles. The molecule has 1 rings (SSSR count). The summed E-state index contributed by atoms with van der Waals surface area (Å²) in [6, 6.07) is 10.1. The van der Waals surface area contributed by atoms with Gasteiger partial charge in [0, 0.05) is 19.6 Å². The molecular weight excluding hydrogens is 202 g/mol. The minimum Gasteiger partial charge on any atom is -0.395 e. The van der Waals surface area contributed by atoms with Crippen LogP contribution in [-0.4, -0.2) is 40.4 Å². The van der Waals surface area contributed by atoms with E-state index in [9.17, 15) is 5.11 Å². The molecule has 0 atom stereocenters. The lowest BCUT2D eigenvalue weighted by atomic mass is 10.1. The maximum Gasteiger partial charge on any atom is 0.0718 e. The Morgan fingerprint density at radius 1 is 1.19 bits per heavy atom. The van der Waals surface area contributed by atoms with Crippen LogP contribution in [0.25, 0.3) is 0 Å². The summed E-state index contributed by atoms with van der Waals surface area (Å²) in [4.78, 5) is 2.05. The zero-order valence-electron chi connectivity index (χ0n) is 10.1. The Morgan fingerprint density at radius 2 is 1.81 bits per heavy atom. The van der Waals surface area contributed by atoms with Crippen LogP contribution in [0.4, 0.5) is 0 Å². The molecule has 3 heteroatoms. The van der Waals surface area contributed by atoms with Crippen LogP contribution in [0.5, 0.6) is 0 Å². The molecular formula is C13H21NO2. The molecule has 0 unspecified atom stereocenters. The second-order valence-electron chi connectivity index (χ2n) is 4.73. The summed E-state index contributed by atoms with van der Waals surface area (Å²) in [7, 11) is 0. The first-order valence-electron chi connectivity index (χ1n) is 5.61. The van der Waals surface area contributed by atoms with Crippen molar-refractivity contribution in [3.8, 4) is 0 Å². The van der Waals surface area contributed by atoms with Gasteiger partial charge in [-0.3, -0.25) is 4.90 Å². The first-order valence-corrected chi connectivity index (χ1v) is 5.61. The Kier molecular flexibility index (Phi) is 4.93. The van der Waals surface area contributed by atoms with Gasteiger partial charge in [-0.05, 0) is 19.4 Å². The second kappa shape index (κ2) is 5.99. The fraction of sp³-hybridized carbons (Fsp3) is 0.538. The summed E-state index contributed by atoms with van der Waals surface area (Å²) < 4.78 is 0. The third-order valence-electron chi connectivity index (χ3n) is 2.28. The van der Waals surface area contributed by atoms with Gasteiger partial charge in [0.2, 0.25) is 0 Å². The lowest BCUT2D eigenvalue weighted by molar-refractivity contribution is 0.0281. The van der Waals surface area contributed by atoms with E-state index in [1.165, 1.54) is 5.56 Å². The molecule has 0 spiro atoms. The molecule has 16 heavy (non-hydrogen) atoms. The number of aliphatic hydroxyl groups is 2. The zero-order chi connectivity index (χ0) is 12.0. The number of hydrogen-bond donors (Lipinski definition) is 2. The number of hydrogen-bond acceptors (Lipinski definition) is 3. The van der Waals surface area contributed by atoms with Crippen molar-refractivity contribution >= 4 is 0 Å². The molecule has 0 heterocycles. The maximum absolute atomic E-state index is 9.77. The van der Waals surface area contributed by atoms with Gasteiger partial charge in [-0.25, -0.2) is 0 Å². The third kappa shape index (κ3) is 5.26. The molecule has 1 aromatic carbocycles. The topological polar surface area (TPSA) is 43.7 Å². The summed E-state index contributed by atoms with van der Waals surface area (Å²) in [5.41, 5.74) is 0.462. The first-order chi connectivity index (χ1) is 7.51. The monoisotopic (exact) mass is 223 g/mol. The van der Waals surface area contributed by atoms with Crippen LogP contribution in [0.3, 0.4) is 0 Å². The minimum absolute atomic E-state index is 0.114. The van der Waals surface area contributed by atoms with Crippen LogP contribution in [-0.2, 0) is 6.54 Å². The highest BCUT2D eigenvalue weighted by Crippen LogP contribution is 2.09. The SMILES string of the molecule is CC(C)(O)CN(CCO)Cc1ccccc1. The van der Waals surface area contributed by atoms with E-state index >= 15 is 0 Å². The average Bonchev–Trinajstić information content (AvgIpc) is 2.17. The molecule has 0 aliphatic heterocycles. The van der Waals surface area contributed by atoms with Gasteiger partial charge in [0.1, 0.15) is 0 Å². The summed E-state index contributed by atoms with van der Waals surface area (Å²) in [5, 5.41) is 18.8. The van der Waals surface area contributed by atoms with E-state index in [4.69, 9.17) is 5.11 Å². The Labute approximate surface area is 97.3 Å². The van der Waals surface area contributed by atoms with E-state index in [-0.39, 0.29) is 6.61 Å². The van der Waals surface area contributed by atoms with Crippen LogP contribution in [0.1, 0.15) is 19.4 Å². The summed E-state index contributed by atoms with van der Waals surface area (Å²) in [6.07, 6.45) is 0. The largest absolute Gasteiger partial charge is 0.395 e. The number of nitrogens with zero attached hydrogens (tertiary/aromatic N) is 1. The van der Waals surface area contributed by atoms with Crippen LogP contribution in [0.2, 0.25) is 0 Å². The smallest absolute Gasteiger partial charge is 0.0718 e. The lowest BCUT2D eigenvalue weighted by Crippen LogP contribution is -2.39. The van der Waals surface area contributed by atoms with Gasteiger partial charge in [0.25, 0.3) is 0 Å². The molecule has 0 bridgehead atoms. The van der Waals surface area contributed by atoms with Crippen molar-refractivity contribution in [2.75, 3.05) is 19.7 Å². The highest BCUT2D eigenvalue weighted by Gasteiger charge is 2.17. The van der Waals surface area contributed by atoms with E-state index in [1.54, 1.807) is 13.8 Å². The van der Waals surface area contributed by atoms with Crippen LogP contribution in [0.15, 0.2) is 30.3 Å². The summed E-state index contributed by atoms with van der Waals surface area (Å²) in [6.45, 7) is 5.57. The van der Waals surface area contributed by atoms with Gasteiger partial charge in [0.05, 0.1) is 12.2 Å². The molecule has 0 radical (unpaired) electrons. The predicted molar refractivity (Wildman–Crippen MR) is 65.1 cm³/mol. The van der Waals surface area contributed by atoms with Crippen LogP contribution < -0.4 is 0 Å². The number of rotatable bonds is 6. The number of benzene rings is 1. The van der Waals surface area contributed by atoms with Gasteiger partial charge >= 0.3 is 0 Å². The van der Waals surface area contributed by atoms with E-state index in [0.29, 0.717) is 13.1 Å². The van der Waals surface area contributed by atoms with Crippen molar-refractivity contribution in [3.63, 3.8) is 0 Å². The quantitative estimate of drug-likeness (QED) is 0.763. The van der Waals surface area contributed by atoms with E-state index in [1.807, 2.05) is 18.2 Å². The normalized spacial score (nSPS) is 12.1. The van der Waals surface area contributed by atoms with Gasteiger partial charge < -0.3 is 10.2 Å². The second-order valence-corrected chi connectivity index (χ2v) is 4.73. The van der Waals surface area contributed by atoms with Gasteiger partial charge in [-0.15, -0.1) is 0 Å². The molecule has 0 saturated carbocycles. The highest BCUT2D eigenvalue weighted by molar-refractivity contribution is 5.14. The fourth-order valence-electron chi connectivity index (χ4n) is 1.74. The number of aliphatic hydroxyl groups excluding tert-OH is 1. The molecule has 0 fully saturated rings. The maximum atomic E-state index is 9.77. The van der Waals surface area contributed by atoms with Crippen molar-refractivity contribution < 1.29 is 10.2 Å². The zero-order valence-corrected chi connectivity index (χ0v) is 10.1. The first kappa shape index (κ1) is 13.2.